The van der Waals surface area contributed by atoms with Crippen molar-refractivity contribution in [2.24, 2.45) is 0 Å². The van der Waals surface area contributed by atoms with Crippen LogP contribution in [0.3, 0.4) is 0 Å². The Morgan fingerprint density at radius 2 is 1.66 bits per heavy atom. The number of aromatic nitrogens is 3. The van der Waals surface area contributed by atoms with Gasteiger partial charge in [0.05, 0.1) is 33.4 Å². The van der Waals surface area contributed by atoms with Gasteiger partial charge in [-0.1, -0.05) is 42.5 Å². The Hall–Kier alpha value is -4.60. The maximum absolute atomic E-state index is 14.3. The smallest absolute Gasteiger partial charge is 0.248 e. The van der Waals surface area contributed by atoms with Crippen LogP contribution >= 0.6 is 0 Å². The highest BCUT2D eigenvalue weighted by molar-refractivity contribution is 5.90. The van der Waals surface area contributed by atoms with Crippen LogP contribution in [-0.4, -0.2) is 58.6 Å². The van der Waals surface area contributed by atoms with Crippen molar-refractivity contribution in [3.63, 3.8) is 0 Å². The van der Waals surface area contributed by atoms with Gasteiger partial charge in [-0.05, 0) is 50.6 Å². The van der Waals surface area contributed by atoms with Gasteiger partial charge in [0.2, 0.25) is 11.8 Å². The highest BCUT2D eigenvalue weighted by atomic mass is 16.5. The van der Waals surface area contributed by atoms with Gasteiger partial charge >= 0.3 is 0 Å². The molecule has 3 aromatic carbocycles. The highest BCUT2D eigenvalue weighted by Gasteiger charge is 2.36. The molecule has 1 heterocycles. The van der Waals surface area contributed by atoms with Gasteiger partial charge in [-0.25, -0.2) is 4.68 Å². The molecule has 0 saturated heterocycles. The van der Waals surface area contributed by atoms with E-state index >= 15 is 0 Å². The molecule has 4 rings (SSSR count). The Bertz CT molecular complexity index is 1520. The molecule has 1 atom stereocenters. The first kappa shape index (κ1) is 29.4. The summed E-state index contributed by atoms with van der Waals surface area (Å²) in [5, 5.41) is 11.5. The summed E-state index contributed by atoms with van der Waals surface area (Å²) in [5.41, 5.74) is 2.13. The molecule has 0 radical (unpaired) electrons. The predicted molar refractivity (Wildman–Crippen MR) is 156 cm³/mol. The number of carbonyl (C=O) groups excluding carboxylic acids is 2. The maximum Gasteiger partial charge on any atom is 0.248 e. The van der Waals surface area contributed by atoms with E-state index < -0.39 is 11.6 Å². The van der Waals surface area contributed by atoms with Gasteiger partial charge < -0.3 is 24.4 Å². The molecule has 1 aromatic heterocycles. The predicted octanol–water partition coefficient (Wildman–Crippen LogP) is 4.53. The van der Waals surface area contributed by atoms with Gasteiger partial charge in [0, 0.05) is 22.7 Å². The van der Waals surface area contributed by atoms with Gasteiger partial charge in [0.25, 0.3) is 0 Å². The zero-order chi connectivity index (χ0) is 29.6. The Morgan fingerprint density at radius 3 is 2.37 bits per heavy atom. The molecule has 0 aliphatic heterocycles. The third kappa shape index (κ3) is 6.59. The molecule has 1 N–H and O–H groups in total. The highest BCUT2D eigenvalue weighted by Crippen LogP contribution is 2.35. The van der Waals surface area contributed by atoms with E-state index in [1.165, 1.54) is 7.11 Å². The third-order valence-electron chi connectivity index (χ3n) is 7.20. The number of fused-ring (bicyclic) bond motifs is 1. The molecule has 2 amide bonds. The standard InChI is InChI=1S/C31H37N5O5/c1-7-31(2,3)32-30(38)29(23-17-16-22(39-4)18-27(23)41-6)35(19-21-12-8-11-15-26(21)40-5)28(37)20-36-25-14-10-9-13-24(25)33-34-36/h8-18,29H,7,19-20H2,1-6H3,(H,32,38)/t29-/m1/s1. The summed E-state index contributed by atoms with van der Waals surface area (Å²) in [6, 6.07) is 19.0. The van der Waals surface area contributed by atoms with Crippen molar-refractivity contribution >= 4 is 22.8 Å². The SMILES string of the molecule is CCC(C)(C)NC(=O)[C@@H](c1ccc(OC)cc1OC)N(Cc1ccccc1OC)C(=O)Cn1nnc2ccccc21. The largest absolute Gasteiger partial charge is 0.497 e. The molecule has 0 aliphatic carbocycles. The first-order valence-electron chi connectivity index (χ1n) is 13.4. The van der Waals surface area contributed by atoms with E-state index in [0.29, 0.717) is 40.3 Å². The Morgan fingerprint density at radius 1 is 0.951 bits per heavy atom. The molecule has 4 aromatic rings. The van der Waals surface area contributed by atoms with Crippen molar-refractivity contribution in [1.29, 1.82) is 0 Å². The topological polar surface area (TPSA) is 108 Å². The fraction of sp³-hybridized carbons (Fsp3) is 0.355. The van der Waals surface area contributed by atoms with Crippen LogP contribution in [0.15, 0.2) is 66.7 Å². The zero-order valence-corrected chi connectivity index (χ0v) is 24.4. The monoisotopic (exact) mass is 559 g/mol. The van der Waals surface area contributed by atoms with E-state index in [9.17, 15) is 9.59 Å². The molecular weight excluding hydrogens is 522 g/mol. The van der Waals surface area contributed by atoms with Crippen molar-refractivity contribution in [3.05, 3.63) is 77.9 Å². The van der Waals surface area contributed by atoms with Crippen LogP contribution in [0.25, 0.3) is 11.0 Å². The number of amides is 2. The molecular formula is C31H37N5O5. The second-order valence-corrected chi connectivity index (χ2v) is 10.3. The molecule has 0 saturated carbocycles. The van der Waals surface area contributed by atoms with Gasteiger partial charge in [-0.3, -0.25) is 9.59 Å². The number of hydrogen-bond donors (Lipinski definition) is 1. The van der Waals surface area contributed by atoms with Gasteiger partial charge in [0.1, 0.15) is 35.4 Å². The number of nitrogens with one attached hydrogen (secondary N) is 1. The third-order valence-corrected chi connectivity index (χ3v) is 7.20. The van der Waals surface area contributed by atoms with Crippen LogP contribution < -0.4 is 19.5 Å². The summed E-state index contributed by atoms with van der Waals surface area (Å²) in [6.45, 7) is 5.85. The van der Waals surface area contributed by atoms with E-state index in [2.05, 4.69) is 15.6 Å². The van der Waals surface area contributed by atoms with E-state index in [-0.39, 0.29) is 24.9 Å². The average molecular weight is 560 g/mol. The number of hydrogen-bond acceptors (Lipinski definition) is 7. The van der Waals surface area contributed by atoms with Gasteiger partial charge in [-0.15, -0.1) is 5.10 Å². The molecule has 0 unspecified atom stereocenters. The molecule has 0 fully saturated rings. The van der Waals surface area contributed by atoms with Crippen molar-refractivity contribution < 1.29 is 23.8 Å². The van der Waals surface area contributed by atoms with E-state index in [0.717, 1.165) is 5.56 Å². The summed E-state index contributed by atoms with van der Waals surface area (Å²) < 4.78 is 18.3. The van der Waals surface area contributed by atoms with Gasteiger partial charge in [-0.2, -0.15) is 0 Å². The summed E-state index contributed by atoms with van der Waals surface area (Å²) >= 11 is 0. The fourth-order valence-electron chi connectivity index (χ4n) is 4.58. The number of nitrogens with zero attached hydrogens (tertiary/aromatic N) is 4. The fourth-order valence-corrected chi connectivity index (χ4v) is 4.58. The minimum atomic E-state index is -1.05. The molecule has 41 heavy (non-hydrogen) atoms. The van der Waals surface area contributed by atoms with Crippen molar-refractivity contribution in [3.8, 4) is 17.2 Å². The van der Waals surface area contributed by atoms with Crippen LogP contribution in [0, 0.1) is 0 Å². The number of carbonyl (C=O) groups is 2. The molecule has 10 nitrogen and oxygen atoms in total. The second-order valence-electron chi connectivity index (χ2n) is 10.3. The zero-order valence-electron chi connectivity index (χ0n) is 24.4. The first-order valence-corrected chi connectivity index (χ1v) is 13.4. The van der Waals surface area contributed by atoms with Crippen LogP contribution in [0.5, 0.6) is 17.2 Å². The molecule has 0 spiro atoms. The number of para-hydroxylation sites is 2. The lowest BCUT2D eigenvalue weighted by atomic mass is 9.97. The number of rotatable bonds is 12. The molecule has 0 bridgehead atoms. The van der Waals surface area contributed by atoms with Crippen LogP contribution in [0.2, 0.25) is 0 Å². The second kappa shape index (κ2) is 12.7. The lowest BCUT2D eigenvalue weighted by Crippen LogP contribution is -2.50. The normalized spacial score (nSPS) is 12.0. The number of benzene rings is 3. The van der Waals surface area contributed by atoms with E-state index in [4.69, 9.17) is 14.2 Å². The van der Waals surface area contributed by atoms with Crippen LogP contribution in [-0.2, 0) is 22.7 Å². The van der Waals surface area contributed by atoms with Gasteiger partial charge in [0.15, 0.2) is 0 Å². The van der Waals surface area contributed by atoms with Crippen LogP contribution in [0.4, 0.5) is 0 Å². The maximum atomic E-state index is 14.3. The van der Waals surface area contributed by atoms with Crippen LogP contribution in [0.1, 0.15) is 44.4 Å². The summed E-state index contributed by atoms with van der Waals surface area (Å²) in [4.78, 5) is 30.0. The van der Waals surface area contributed by atoms with Crippen molar-refractivity contribution in [2.75, 3.05) is 21.3 Å². The minimum Gasteiger partial charge on any atom is -0.497 e. The average Bonchev–Trinajstić information content (AvgIpc) is 3.39. The number of ether oxygens (including phenoxy) is 3. The number of methoxy groups -OCH3 is 3. The minimum absolute atomic E-state index is 0.0926. The molecule has 216 valence electrons. The van der Waals surface area contributed by atoms with Crippen molar-refractivity contribution in [2.45, 2.75) is 51.9 Å². The Labute approximate surface area is 240 Å². The van der Waals surface area contributed by atoms with Crippen molar-refractivity contribution in [1.82, 2.24) is 25.2 Å². The lowest BCUT2D eigenvalue weighted by Gasteiger charge is -2.35. The Kier molecular flexibility index (Phi) is 9.11. The summed E-state index contributed by atoms with van der Waals surface area (Å²) in [6.07, 6.45) is 0.691. The van der Waals surface area contributed by atoms with E-state index in [1.54, 1.807) is 42.0 Å². The summed E-state index contributed by atoms with van der Waals surface area (Å²) in [5.74, 6) is 0.912. The molecule has 0 aliphatic rings. The lowest BCUT2D eigenvalue weighted by molar-refractivity contribution is -0.143. The quantitative estimate of drug-likeness (QED) is 0.272. The van der Waals surface area contributed by atoms with E-state index in [1.807, 2.05) is 69.3 Å². The first-order chi connectivity index (χ1) is 19.7. The Balaban J connectivity index is 1.86. The summed E-state index contributed by atoms with van der Waals surface area (Å²) in [7, 11) is 4.66. The molecule has 10 heteroatoms.